The van der Waals surface area contributed by atoms with Gasteiger partial charge in [-0.15, -0.1) is 10.2 Å². The monoisotopic (exact) mass is 278 g/mol. The Morgan fingerprint density at radius 2 is 1.58 bits per heavy atom. The van der Waals surface area contributed by atoms with E-state index in [-0.39, 0.29) is 12.7 Å². The largest absolute Gasteiger partial charge is 0.394 e. The van der Waals surface area contributed by atoms with Gasteiger partial charge in [0.15, 0.2) is 12.7 Å². The van der Waals surface area contributed by atoms with E-state index < -0.39 is 6.10 Å². The van der Waals surface area contributed by atoms with Crippen molar-refractivity contribution in [2.45, 2.75) is 26.1 Å². The van der Waals surface area contributed by atoms with E-state index in [0.29, 0.717) is 6.61 Å². The maximum atomic E-state index is 8.69. The van der Waals surface area contributed by atoms with Gasteiger partial charge in [-0.3, -0.25) is 0 Å². The van der Waals surface area contributed by atoms with Gasteiger partial charge in [-0.2, -0.15) is 10.2 Å². The highest BCUT2D eigenvalue weighted by Gasteiger charge is 2.00. The molecular weight excluding hydrogens is 256 g/mol. The van der Waals surface area contributed by atoms with Gasteiger partial charge in [0.25, 0.3) is 0 Å². The Balaban J connectivity index is -0.000000219. The second-order valence-electron chi connectivity index (χ2n) is 2.96. The molecule has 0 bridgehead atoms. The average Bonchev–Trinajstić information content (AvgIpc) is 2.39. The molecule has 0 amide bonds. The van der Waals surface area contributed by atoms with Gasteiger partial charge < -0.3 is 26.6 Å². The van der Waals surface area contributed by atoms with Crippen molar-refractivity contribution in [2.75, 3.05) is 13.2 Å². The molecule has 8 N–H and O–H groups in total. The molecule has 2 atom stereocenters. The summed E-state index contributed by atoms with van der Waals surface area (Å²) in [5, 5.41) is 28.3. The van der Waals surface area contributed by atoms with Crippen LogP contribution in [0.5, 0.6) is 0 Å². The van der Waals surface area contributed by atoms with Gasteiger partial charge in [-0.1, -0.05) is 0 Å². The van der Waals surface area contributed by atoms with Crippen LogP contribution in [0.25, 0.3) is 0 Å². The van der Waals surface area contributed by atoms with Crippen LogP contribution in [-0.2, 0) is 4.74 Å². The van der Waals surface area contributed by atoms with Crippen molar-refractivity contribution >= 4 is 12.7 Å². The van der Waals surface area contributed by atoms with E-state index in [9.17, 15) is 0 Å². The Labute approximate surface area is 111 Å². The van der Waals surface area contributed by atoms with Crippen molar-refractivity contribution < 1.29 is 14.9 Å². The SMILES string of the molecule is CC(O)COC(C)CO.N=NC=NN.N=NC=NN. The third-order valence-corrected chi connectivity index (χ3v) is 1.13. The minimum absolute atomic E-state index is 0.00667. The Morgan fingerprint density at radius 3 is 1.74 bits per heavy atom. The Hall–Kier alpha value is -1.98. The van der Waals surface area contributed by atoms with E-state index in [4.69, 9.17) is 26.0 Å². The van der Waals surface area contributed by atoms with Crippen molar-refractivity contribution in [1.82, 2.24) is 0 Å². The summed E-state index contributed by atoms with van der Waals surface area (Å²) in [5.74, 6) is 8.99. The van der Waals surface area contributed by atoms with E-state index in [1.165, 1.54) is 0 Å². The number of ether oxygens (including phenoxy) is 1. The number of aliphatic hydroxyl groups excluding tert-OH is 2. The molecule has 0 fully saturated rings. The molecule has 2 unspecified atom stereocenters. The molecule has 0 rings (SSSR count). The summed E-state index contributed by atoms with van der Waals surface area (Å²) in [5.41, 5.74) is 12.0. The molecule has 11 heteroatoms. The lowest BCUT2D eigenvalue weighted by Crippen LogP contribution is -2.19. The predicted octanol–water partition coefficient (Wildman–Crippen LogP) is -0.397. The van der Waals surface area contributed by atoms with Gasteiger partial charge >= 0.3 is 0 Å². The van der Waals surface area contributed by atoms with Crippen molar-refractivity contribution in [2.24, 2.45) is 32.1 Å². The first kappa shape index (κ1) is 22.2. The first-order valence-electron chi connectivity index (χ1n) is 5.07. The lowest BCUT2D eigenvalue weighted by atomic mass is 10.4. The fourth-order valence-corrected chi connectivity index (χ4v) is 0.423. The van der Waals surface area contributed by atoms with Crippen LogP contribution in [0.3, 0.4) is 0 Å². The number of rotatable bonds is 6. The highest BCUT2D eigenvalue weighted by atomic mass is 16.5. The Bertz CT molecular complexity index is 230. The molecule has 112 valence electrons. The number of hydrogen-bond donors (Lipinski definition) is 6. The van der Waals surface area contributed by atoms with Crippen LogP contribution in [0, 0.1) is 11.1 Å². The number of nitrogens with two attached hydrogens (primary N) is 2. The van der Waals surface area contributed by atoms with Crippen molar-refractivity contribution in [3.05, 3.63) is 0 Å². The van der Waals surface area contributed by atoms with Crippen LogP contribution >= 0.6 is 0 Å². The Kier molecular flexibility index (Phi) is 24.9. The lowest BCUT2D eigenvalue weighted by Gasteiger charge is -2.10. The maximum Gasteiger partial charge on any atom is 0.156 e. The van der Waals surface area contributed by atoms with E-state index >= 15 is 0 Å². The van der Waals surface area contributed by atoms with Crippen LogP contribution in [0.1, 0.15) is 13.8 Å². The van der Waals surface area contributed by atoms with Crippen LogP contribution in [-0.4, -0.2) is 48.3 Å². The smallest absolute Gasteiger partial charge is 0.156 e. The summed E-state index contributed by atoms with van der Waals surface area (Å²) in [7, 11) is 0. The first-order valence-corrected chi connectivity index (χ1v) is 5.07. The van der Waals surface area contributed by atoms with Gasteiger partial charge in [0.2, 0.25) is 0 Å². The van der Waals surface area contributed by atoms with Crippen LogP contribution in [0.15, 0.2) is 20.4 Å². The quantitative estimate of drug-likeness (QED) is 0.126. The normalized spacial score (nSPS) is 12.8. The summed E-state index contributed by atoms with van der Waals surface area (Å²) in [6.45, 7) is 3.70. The number of hydrazone groups is 2. The molecule has 0 heterocycles. The Morgan fingerprint density at radius 1 is 1.16 bits per heavy atom. The van der Waals surface area contributed by atoms with Crippen molar-refractivity contribution in [3.63, 3.8) is 0 Å². The van der Waals surface area contributed by atoms with Crippen LogP contribution < -0.4 is 11.7 Å². The van der Waals surface area contributed by atoms with E-state index in [0.717, 1.165) is 12.7 Å². The van der Waals surface area contributed by atoms with Gasteiger partial charge in [-0.25, -0.2) is 11.1 Å². The van der Waals surface area contributed by atoms with Crippen molar-refractivity contribution in [1.29, 1.82) is 11.1 Å². The summed E-state index contributed by atoms with van der Waals surface area (Å²) < 4.78 is 4.95. The summed E-state index contributed by atoms with van der Waals surface area (Å²) >= 11 is 0. The lowest BCUT2D eigenvalue weighted by molar-refractivity contribution is -0.0177. The van der Waals surface area contributed by atoms with Crippen LogP contribution in [0.4, 0.5) is 0 Å². The molecular formula is C8H22N8O3. The van der Waals surface area contributed by atoms with Gasteiger partial charge in [0.1, 0.15) is 0 Å². The molecule has 11 nitrogen and oxygen atoms in total. The van der Waals surface area contributed by atoms with E-state index in [1.807, 2.05) is 0 Å². The third-order valence-electron chi connectivity index (χ3n) is 1.13. The highest BCUT2D eigenvalue weighted by Crippen LogP contribution is 1.90. The zero-order valence-electron chi connectivity index (χ0n) is 11.0. The number of nitrogens with one attached hydrogen (secondary N) is 2. The average molecular weight is 278 g/mol. The van der Waals surface area contributed by atoms with E-state index in [1.54, 1.807) is 13.8 Å². The van der Waals surface area contributed by atoms with Crippen molar-refractivity contribution in [3.8, 4) is 0 Å². The molecule has 0 aliphatic heterocycles. The minimum atomic E-state index is -0.445. The fraction of sp³-hybridized carbons (Fsp3) is 0.750. The fourth-order valence-electron chi connectivity index (χ4n) is 0.423. The highest BCUT2D eigenvalue weighted by molar-refractivity contribution is 5.53. The zero-order chi connectivity index (χ0) is 15.5. The number of aliphatic hydroxyl groups is 2. The molecule has 0 saturated carbocycles. The minimum Gasteiger partial charge on any atom is -0.394 e. The molecule has 0 aromatic heterocycles. The van der Waals surface area contributed by atoms with Gasteiger partial charge in [0.05, 0.1) is 25.4 Å². The third kappa shape index (κ3) is 38.7. The van der Waals surface area contributed by atoms with Crippen LogP contribution in [0.2, 0.25) is 0 Å². The molecule has 0 saturated heterocycles. The zero-order valence-corrected chi connectivity index (χ0v) is 11.0. The molecule has 0 aromatic rings. The summed E-state index contributed by atoms with van der Waals surface area (Å²) in [4.78, 5) is 0. The predicted molar refractivity (Wildman–Crippen MR) is 69.8 cm³/mol. The molecule has 0 spiro atoms. The second-order valence-corrected chi connectivity index (χ2v) is 2.96. The molecule has 0 radical (unpaired) electrons. The standard InChI is InChI=1S/C6H14O3.2CH4N4/c1-5(8)4-9-6(2)3-7;2*2-4-1-5-3/h5-8H,3-4H2,1-2H3;2*1-2H,3H2. The molecule has 0 aromatic carbocycles. The van der Waals surface area contributed by atoms with E-state index in [2.05, 4.69) is 32.1 Å². The number of nitrogens with zero attached hydrogens (tertiary/aromatic N) is 4. The first-order chi connectivity index (χ1) is 8.99. The molecule has 0 aliphatic carbocycles. The maximum absolute atomic E-state index is 8.69. The second kappa shape index (κ2) is 21.3. The van der Waals surface area contributed by atoms with Gasteiger partial charge in [0, 0.05) is 0 Å². The summed E-state index contributed by atoms with van der Waals surface area (Å²) in [6.07, 6.45) is 1.28. The topological polar surface area (TPSA) is 199 Å². The number of hydrogen-bond acceptors (Lipinski definition) is 9. The molecule has 0 aliphatic rings. The van der Waals surface area contributed by atoms with Gasteiger partial charge in [-0.05, 0) is 13.8 Å². The summed E-state index contributed by atoms with van der Waals surface area (Å²) in [6, 6.07) is 0. The molecule has 19 heavy (non-hydrogen) atoms.